The smallest absolute Gasteiger partial charge is 0.204 e. The predicted octanol–water partition coefficient (Wildman–Crippen LogP) is 5.85. The van der Waals surface area contributed by atoms with Gasteiger partial charge in [0.05, 0.1) is 6.54 Å². The van der Waals surface area contributed by atoms with Crippen LogP contribution >= 0.6 is 35.4 Å². The van der Waals surface area contributed by atoms with Crippen molar-refractivity contribution in [3.8, 4) is 17.1 Å². The monoisotopic (exact) mass is 523 g/mol. The highest BCUT2D eigenvalue weighted by atomic mass is 35.5. The Morgan fingerprint density at radius 1 is 0.914 bits per heavy atom. The van der Waals surface area contributed by atoms with Crippen LogP contribution < -0.4 is 0 Å². The summed E-state index contributed by atoms with van der Waals surface area (Å²) in [6.07, 6.45) is -0.394. The lowest BCUT2D eigenvalue weighted by Gasteiger charge is -2.18. The molecular formula is C24H19Cl2N7OS. The number of aromatic amines is 1. The van der Waals surface area contributed by atoms with E-state index in [1.165, 1.54) is 4.80 Å². The van der Waals surface area contributed by atoms with E-state index in [1.807, 2.05) is 71.3 Å². The molecule has 176 valence electrons. The van der Waals surface area contributed by atoms with Crippen molar-refractivity contribution in [2.45, 2.75) is 19.3 Å². The van der Waals surface area contributed by atoms with Gasteiger partial charge in [-0.2, -0.15) is 9.90 Å². The lowest BCUT2D eigenvalue weighted by molar-refractivity contribution is 0.0184. The summed E-state index contributed by atoms with van der Waals surface area (Å²) < 4.78 is 8.59. The van der Waals surface area contributed by atoms with Gasteiger partial charge >= 0.3 is 0 Å². The molecule has 0 aliphatic carbocycles. The van der Waals surface area contributed by atoms with Gasteiger partial charge in [0.1, 0.15) is 12.7 Å². The number of benzene rings is 3. The fourth-order valence-electron chi connectivity index (χ4n) is 3.56. The number of nitrogens with one attached hydrogen (secondary N) is 1. The average molecular weight is 524 g/mol. The summed E-state index contributed by atoms with van der Waals surface area (Å²) in [5.74, 6) is 1.16. The first-order valence-electron chi connectivity index (χ1n) is 10.7. The normalized spacial score (nSPS) is 12.1. The van der Waals surface area contributed by atoms with Crippen molar-refractivity contribution < 1.29 is 4.74 Å². The maximum Gasteiger partial charge on any atom is 0.204 e. The minimum atomic E-state index is -0.394. The van der Waals surface area contributed by atoms with Gasteiger partial charge in [-0.15, -0.1) is 10.2 Å². The summed E-state index contributed by atoms with van der Waals surface area (Å²) in [5.41, 5.74) is 2.64. The Hall–Kier alpha value is -3.37. The molecule has 0 bridgehead atoms. The molecule has 8 nitrogen and oxygen atoms in total. The molecule has 0 saturated heterocycles. The van der Waals surface area contributed by atoms with E-state index in [9.17, 15) is 0 Å². The van der Waals surface area contributed by atoms with Crippen LogP contribution in [0.25, 0.3) is 17.1 Å². The van der Waals surface area contributed by atoms with Gasteiger partial charge in [-0.25, -0.2) is 0 Å². The van der Waals surface area contributed by atoms with Crippen molar-refractivity contribution >= 4 is 35.4 Å². The lowest BCUT2D eigenvalue weighted by atomic mass is 10.1. The molecule has 1 atom stereocenters. The Labute approximate surface area is 216 Å². The van der Waals surface area contributed by atoms with Gasteiger partial charge in [-0.3, -0.25) is 9.67 Å². The summed E-state index contributed by atoms with van der Waals surface area (Å²) in [6.45, 7) is 0.525. The van der Waals surface area contributed by atoms with Crippen LogP contribution in [0.5, 0.6) is 0 Å². The fourth-order valence-corrected chi connectivity index (χ4v) is 4.07. The Bertz CT molecular complexity index is 1460. The molecule has 5 aromatic rings. The van der Waals surface area contributed by atoms with E-state index in [2.05, 4.69) is 25.6 Å². The highest BCUT2D eigenvalue weighted by molar-refractivity contribution is 7.71. The molecule has 0 aliphatic rings. The van der Waals surface area contributed by atoms with Crippen LogP contribution in [-0.2, 0) is 17.9 Å². The van der Waals surface area contributed by atoms with Gasteiger partial charge in [-0.05, 0) is 59.4 Å². The molecule has 35 heavy (non-hydrogen) atoms. The predicted molar refractivity (Wildman–Crippen MR) is 136 cm³/mol. The zero-order chi connectivity index (χ0) is 24.2. The minimum absolute atomic E-state index is 0.184. The van der Waals surface area contributed by atoms with Crippen molar-refractivity contribution in [1.29, 1.82) is 0 Å². The quantitative estimate of drug-likeness (QED) is 0.257. The number of H-pyrrole nitrogens is 1. The number of ether oxygens (including phenoxy) is 1. The maximum absolute atomic E-state index is 6.32. The molecule has 11 heteroatoms. The first kappa shape index (κ1) is 23.4. The summed E-state index contributed by atoms with van der Waals surface area (Å²) in [4.78, 5) is 1.53. The number of nitrogens with zero attached hydrogens (tertiary/aromatic N) is 6. The number of rotatable bonds is 8. The van der Waals surface area contributed by atoms with Crippen molar-refractivity contribution in [3.63, 3.8) is 0 Å². The standard InChI is InChI=1S/C24H19Cl2N7OS/c25-18-8-6-16(7-9-18)21(14-32-30-23(28-31-32)17-4-2-1-3-5-17)34-15-22-27-29-24(35)33(22)20-12-10-19(26)11-13-20/h1-13,21H,14-15H2,(H,29,35). The van der Waals surface area contributed by atoms with E-state index in [4.69, 9.17) is 40.2 Å². The molecule has 2 aromatic heterocycles. The maximum atomic E-state index is 6.32. The first-order valence-corrected chi connectivity index (χ1v) is 11.9. The van der Waals surface area contributed by atoms with Crippen LogP contribution in [0.15, 0.2) is 78.9 Å². The highest BCUT2D eigenvalue weighted by Gasteiger charge is 2.18. The second kappa shape index (κ2) is 10.5. The topological polar surface area (TPSA) is 86.4 Å². The summed E-state index contributed by atoms with van der Waals surface area (Å²) in [5, 5.41) is 21.4. The number of tetrazole rings is 1. The van der Waals surface area contributed by atoms with Crippen molar-refractivity contribution in [3.05, 3.63) is 105 Å². The highest BCUT2D eigenvalue weighted by Crippen LogP contribution is 2.24. The molecule has 5 rings (SSSR count). The van der Waals surface area contributed by atoms with E-state index in [0.717, 1.165) is 16.8 Å². The van der Waals surface area contributed by atoms with Crippen molar-refractivity contribution in [1.82, 2.24) is 35.0 Å². The van der Waals surface area contributed by atoms with Gasteiger partial charge in [0.25, 0.3) is 0 Å². The van der Waals surface area contributed by atoms with Crippen LogP contribution in [0, 0.1) is 4.77 Å². The van der Waals surface area contributed by atoms with Gasteiger partial charge in [0.2, 0.25) is 5.82 Å². The van der Waals surface area contributed by atoms with Crippen LogP contribution in [0.2, 0.25) is 10.0 Å². The zero-order valence-corrected chi connectivity index (χ0v) is 20.6. The molecule has 0 fully saturated rings. The van der Waals surface area contributed by atoms with E-state index in [1.54, 1.807) is 12.1 Å². The molecular weight excluding hydrogens is 505 g/mol. The molecule has 3 aromatic carbocycles. The van der Waals surface area contributed by atoms with Gasteiger partial charge in [0, 0.05) is 21.3 Å². The van der Waals surface area contributed by atoms with Crippen molar-refractivity contribution in [2.75, 3.05) is 0 Å². The molecule has 0 aliphatic heterocycles. The Morgan fingerprint density at radius 2 is 1.60 bits per heavy atom. The number of halogens is 2. The van der Waals surface area contributed by atoms with E-state index in [0.29, 0.717) is 33.0 Å². The third-order valence-corrected chi connectivity index (χ3v) is 6.07. The number of hydrogen-bond donors (Lipinski definition) is 1. The first-order chi connectivity index (χ1) is 17.1. The Balaban J connectivity index is 1.39. The fraction of sp³-hybridized carbons (Fsp3) is 0.125. The van der Waals surface area contributed by atoms with E-state index >= 15 is 0 Å². The lowest BCUT2D eigenvalue weighted by Crippen LogP contribution is -2.16. The third kappa shape index (κ3) is 5.49. The molecule has 1 N–H and O–H groups in total. The summed E-state index contributed by atoms with van der Waals surface area (Å²) in [6, 6.07) is 24.5. The molecule has 0 spiro atoms. The molecule has 0 saturated carbocycles. The molecule has 1 unspecified atom stereocenters. The van der Waals surface area contributed by atoms with Gasteiger partial charge in [-0.1, -0.05) is 65.7 Å². The summed E-state index contributed by atoms with van der Waals surface area (Å²) >= 11 is 17.6. The van der Waals surface area contributed by atoms with Crippen LogP contribution in [-0.4, -0.2) is 35.0 Å². The largest absolute Gasteiger partial charge is 0.364 e. The summed E-state index contributed by atoms with van der Waals surface area (Å²) in [7, 11) is 0. The Kier molecular flexibility index (Phi) is 7.01. The van der Waals surface area contributed by atoms with Gasteiger partial charge in [0.15, 0.2) is 10.6 Å². The second-order valence-corrected chi connectivity index (χ2v) is 8.90. The minimum Gasteiger partial charge on any atom is -0.364 e. The van der Waals surface area contributed by atoms with Gasteiger partial charge < -0.3 is 4.74 Å². The van der Waals surface area contributed by atoms with E-state index in [-0.39, 0.29) is 6.61 Å². The number of aromatic nitrogens is 7. The van der Waals surface area contributed by atoms with E-state index < -0.39 is 6.10 Å². The van der Waals surface area contributed by atoms with Crippen LogP contribution in [0.1, 0.15) is 17.5 Å². The van der Waals surface area contributed by atoms with Crippen LogP contribution in [0.3, 0.4) is 0 Å². The average Bonchev–Trinajstić information content (AvgIpc) is 3.50. The zero-order valence-electron chi connectivity index (χ0n) is 18.3. The number of hydrogen-bond acceptors (Lipinski definition) is 6. The third-order valence-electron chi connectivity index (χ3n) is 5.30. The second-order valence-electron chi connectivity index (χ2n) is 7.64. The SMILES string of the molecule is S=c1[nH]nc(COC(Cn2nnc(-c3ccccc3)n2)c2ccc(Cl)cc2)n1-c1ccc(Cl)cc1. The molecule has 0 radical (unpaired) electrons. The molecule has 0 amide bonds. The van der Waals surface area contributed by atoms with Crippen LogP contribution in [0.4, 0.5) is 0 Å². The van der Waals surface area contributed by atoms with Crippen molar-refractivity contribution in [2.24, 2.45) is 0 Å². The molecule has 2 heterocycles. The Morgan fingerprint density at radius 3 is 2.31 bits per heavy atom.